The van der Waals surface area contributed by atoms with Crippen LogP contribution in [0.1, 0.15) is 136 Å². The minimum absolute atomic E-state index is 0. The Morgan fingerprint density at radius 2 is 0.553 bits per heavy atom. The highest BCUT2D eigenvalue weighted by atomic mass is 127. The summed E-state index contributed by atoms with van der Waals surface area (Å²) in [7, 11) is -1.38. The number of para-hydroxylation sites is 4. The summed E-state index contributed by atoms with van der Waals surface area (Å²) in [4.78, 5) is 4.78. The van der Waals surface area contributed by atoms with Gasteiger partial charge in [0, 0.05) is 17.3 Å². The highest BCUT2D eigenvalue weighted by Gasteiger charge is 2.64. The Bertz CT molecular complexity index is 4040. The van der Waals surface area contributed by atoms with Gasteiger partial charge in [0.15, 0.2) is 0 Å². The predicted molar refractivity (Wildman–Crippen MR) is 406 cm³/mol. The van der Waals surface area contributed by atoms with E-state index >= 15 is 0 Å². The molecule has 0 amide bonds. The van der Waals surface area contributed by atoms with Crippen LogP contribution in [0, 0.1) is 0 Å². The third-order valence-electron chi connectivity index (χ3n) is 20.5. The molecule has 5 aliphatic rings. The van der Waals surface area contributed by atoms with Crippen LogP contribution in [0.15, 0.2) is 271 Å². The van der Waals surface area contributed by atoms with E-state index in [4.69, 9.17) is 27.9 Å². The molecule has 0 aliphatic carbocycles. The monoisotopic (exact) mass is 1420 g/mol. The van der Waals surface area contributed by atoms with E-state index in [0.717, 1.165) is 32.7 Å². The van der Waals surface area contributed by atoms with E-state index < -0.39 is 43.2 Å². The average Bonchev–Trinajstić information content (AvgIpc) is 1.57. The van der Waals surface area contributed by atoms with Crippen molar-refractivity contribution < 1.29 is 29.4 Å². The van der Waals surface area contributed by atoms with Crippen molar-refractivity contribution in [2.75, 3.05) is 9.80 Å². The van der Waals surface area contributed by atoms with Gasteiger partial charge in [-0.3, -0.25) is 0 Å². The predicted octanol–water partition coefficient (Wildman–Crippen LogP) is 20.5. The molecule has 3 fully saturated rings. The quantitative estimate of drug-likeness (QED) is 0.110. The van der Waals surface area contributed by atoms with E-state index in [-0.39, 0.29) is 55.2 Å². The molecule has 13 heteroatoms. The van der Waals surface area contributed by atoms with E-state index in [9.17, 15) is 0 Å². The summed E-state index contributed by atoms with van der Waals surface area (Å²) < 4.78 is 37.8. The minimum Gasteiger partial charge on any atom is -0.405 e. The lowest BCUT2D eigenvalue weighted by Gasteiger charge is -2.46. The molecule has 5 aliphatic heterocycles. The molecule has 480 valence electrons. The number of hydrogen-bond acceptors (Lipinski definition) is 8. The van der Waals surface area contributed by atoms with E-state index in [1.165, 1.54) is 55.9 Å². The molecule has 0 bridgehead atoms. The van der Waals surface area contributed by atoms with Crippen molar-refractivity contribution >= 4 is 101 Å². The molecule has 0 radical (unpaired) electrons. The fraction of sp³-hybridized carbons (Fsp3) is 0.259. The fourth-order valence-corrected chi connectivity index (χ4v) is 14.2. The van der Waals surface area contributed by atoms with Crippen LogP contribution in [-0.4, -0.2) is 54.7 Å². The van der Waals surface area contributed by atoms with Crippen LogP contribution in [0.2, 0.25) is 0 Å². The number of nitrogens with zero attached hydrogens (tertiary/aromatic N) is 2. The zero-order valence-electron chi connectivity index (χ0n) is 55.3. The van der Waals surface area contributed by atoms with Crippen molar-refractivity contribution in [1.82, 2.24) is 0 Å². The van der Waals surface area contributed by atoms with Gasteiger partial charge in [0.05, 0.1) is 67.2 Å². The van der Waals surface area contributed by atoms with Crippen LogP contribution in [0.5, 0.6) is 0 Å². The molecule has 15 rings (SSSR count). The van der Waals surface area contributed by atoms with E-state index in [1.807, 2.05) is 55.4 Å². The van der Waals surface area contributed by atoms with Gasteiger partial charge in [-0.2, -0.15) is 0 Å². The van der Waals surface area contributed by atoms with Gasteiger partial charge >= 0.3 is 21.1 Å². The Kier molecular flexibility index (Phi) is 19.0. The second-order valence-electron chi connectivity index (χ2n) is 27.6. The summed E-state index contributed by atoms with van der Waals surface area (Å²) >= 11 is 3.68. The van der Waals surface area contributed by atoms with Crippen LogP contribution in [0.4, 0.5) is 34.1 Å². The van der Waals surface area contributed by atoms with Crippen molar-refractivity contribution in [3.8, 4) is 0 Å². The standard InChI is InChI=1S/C37H34BNO2.C31H22BrN.C12H24B2O4.CH4.HI.H2/c1-35(2)36(3,4)41-38(40-35)29-20-15-21-30(26-29)39-33-24-13-11-22-31(33)37(27-16-7-5-8-17-27,28-18-9-6-10-19-28)32-23-12-14-25-34(32)39;32-25-16-11-17-26(22-25)33-29-20-9-7-18-27(29)31(23-12-3-1-4-13-23,24-14-5-2-6-15-24)28-19-8-10-21-30(28)33;1-9(2)10(3,4)16-13(15-9)14-17-11(5,6)12(7,8)18-14;;;/h5-26H,1-4H3;1-22H;1-8H3;1H4;2*1H. The minimum atomic E-state index is -0.477. The van der Waals surface area contributed by atoms with Gasteiger partial charge in [0.2, 0.25) is 0 Å². The van der Waals surface area contributed by atoms with Gasteiger partial charge in [0.25, 0.3) is 0 Å². The highest BCUT2D eigenvalue weighted by Crippen LogP contribution is 2.60. The number of rotatable bonds is 8. The topological polar surface area (TPSA) is 61.9 Å². The Hall–Kier alpha value is -7.04. The van der Waals surface area contributed by atoms with Crippen LogP contribution < -0.4 is 15.3 Å². The number of anilines is 6. The summed E-state index contributed by atoms with van der Waals surface area (Å²) in [5, 5.41) is 0. The van der Waals surface area contributed by atoms with Gasteiger partial charge in [-0.15, -0.1) is 24.0 Å². The molecule has 0 atom stereocenters. The second-order valence-corrected chi connectivity index (χ2v) is 28.5. The van der Waals surface area contributed by atoms with Gasteiger partial charge < -0.3 is 37.7 Å². The van der Waals surface area contributed by atoms with Crippen LogP contribution in [0.3, 0.4) is 0 Å². The van der Waals surface area contributed by atoms with Crippen molar-refractivity contribution in [3.05, 3.63) is 316 Å². The lowest BCUT2D eigenvalue weighted by molar-refractivity contribution is 0.00578. The Morgan fingerprint density at radius 1 is 0.298 bits per heavy atom. The molecule has 3 saturated heterocycles. The molecular weight excluding hydrogens is 1340 g/mol. The lowest BCUT2D eigenvalue weighted by Crippen LogP contribution is -2.41. The summed E-state index contributed by atoms with van der Waals surface area (Å²) in [6.45, 7) is 24.6. The average molecular weight is 1420 g/mol. The zero-order valence-corrected chi connectivity index (χ0v) is 59.2. The number of hydrogen-bond donors (Lipinski definition) is 0. The van der Waals surface area contributed by atoms with E-state index in [0.29, 0.717) is 0 Å². The molecular formula is C81H87B3BrIN2O6. The largest absolute Gasteiger partial charge is 0.494 e. The summed E-state index contributed by atoms with van der Waals surface area (Å²) in [6.07, 6.45) is 0. The normalized spacial score (nSPS) is 18.8. The maximum atomic E-state index is 6.44. The van der Waals surface area contributed by atoms with Crippen LogP contribution >= 0.6 is 39.9 Å². The Balaban J connectivity index is 0.000000164. The molecule has 10 aromatic rings. The van der Waals surface area contributed by atoms with Gasteiger partial charge in [-0.25, -0.2) is 0 Å². The number of fused-ring (bicyclic) bond motifs is 4. The van der Waals surface area contributed by atoms with E-state index in [2.05, 4.69) is 320 Å². The number of benzene rings is 10. The van der Waals surface area contributed by atoms with Crippen molar-refractivity contribution in [2.24, 2.45) is 0 Å². The third kappa shape index (κ3) is 11.7. The summed E-state index contributed by atoms with van der Waals surface area (Å²) in [5.41, 5.74) is 14.9. The maximum absolute atomic E-state index is 6.44. The summed E-state index contributed by atoms with van der Waals surface area (Å²) in [6, 6.07) is 96.1. The molecule has 0 spiro atoms. The molecule has 0 unspecified atom stereocenters. The first kappa shape index (κ1) is 68.4. The smallest absolute Gasteiger partial charge is 0.405 e. The molecule has 0 aromatic heterocycles. The van der Waals surface area contributed by atoms with Gasteiger partial charge in [0.1, 0.15) is 0 Å². The first-order chi connectivity index (χ1) is 44.0. The third-order valence-corrected chi connectivity index (χ3v) is 21.0. The molecule has 0 N–H and O–H groups in total. The van der Waals surface area contributed by atoms with Crippen LogP contribution in [0.25, 0.3) is 0 Å². The molecule has 5 heterocycles. The summed E-state index contributed by atoms with van der Waals surface area (Å²) in [5.74, 6) is 0. The Labute approximate surface area is 586 Å². The molecule has 8 nitrogen and oxygen atoms in total. The van der Waals surface area contributed by atoms with Gasteiger partial charge in [-0.1, -0.05) is 236 Å². The molecule has 94 heavy (non-hydrogen) atoms. The maximum Gasteiger partial charge on any atom is 0.494 e. The highest BCUT2D eigenvalue weighted by molar-refractivity contribution is 14.0. The van der Waals surface area contributed by atoms with Crippen molar-refractivity contribution in [1.29, 1.82) is 0 Å². The van der Waals surface area contributed by atoms with Gasteiger partial charge in [-0.05, 0) is 188 Å². The van der Waals surface area contributed by atoms with Crippen molar-refractivity contribution in [3.63, 3.8) is 0 Å². The first-order valence-electron chi connectivity index (χ1n) is 32.1. The molecule has 10 aromatic carbocycles. The van der Waals surface area contributed by atoms with Crippen LogP contribution in [-0.2, 0) is 38.8 Å². The SMILES string of the molecule is Brc1cccc(N2c3ccccc3C(c3ccccc3)(c3ccccc3)c3ccccc32)c1.C.CC1(C)OB(B2OC(C)(C)C(C)(C)O2)OC1(C)C.CC1(C)OB(c2cccc(N3c4ccccc4C(c4ccccc4)(c4ccccc4)c4ccccc43)c2)OC1(C)C.I.[HH]. The zero-order chi connectivity index (χ0) is 64.5. The fourth-order valence-electron chi connectivity index (χ4n) is 13.8. The lowest BCUT2D eigenvalue weighted by atomic mass is 9.49. The second kappa shape index (κ2) is 26.2. The number of halogens is 2. The van der Waals surface area contributed by atoms with Crippen molar-refractivity contribution in [2.45, 2.75) is 135 Å². The Morgan fingerprint density at radius 3 is 0.851 bits per heavy atom. The first-order valence-corrected chi connectivity index (χ1v) is 32.9. The molecule has 0 saturated carbocycles. The van der Waals surface area contributed by atoms with E-state index in [1.54, 1.807) is 0 Å².